The van der Waals surface area contributed by atoms with E-state index >= 15 is 0 Å². The molecule has 10 heavy (non-hydrogen) atoms. The number of nitrogens with one attached hydrogen (secondary N) is 1. The first kappa shape index (κ1) is 9.63. The predicted molar refractivity (Wildman–Crippen MR) is 43.7 cm³/mol. The summed E-state index contributed by atoms with van der Waals surface area (Å²) in [5.41, 5.74) is 0.675. The first-order valence-corrected chi connectivity index (χ1v) is 3.73. The van der Waals surface area contributed by atoms with Crippen molar-refractivity contribution in [1.29, 1.82) is 5.41 Å². The van der Waals surface area contributed by atoms with Crippen molar-refractivity contribution in [3.8, 4) is 0 Å². The highest BCUT2D eigenvalue weighted by Crippen LogP contribution is 1.97. The van der Waals surface area contributed by atoms with E-state index in [-0.39, 0.29) is 6.10 Å². The Morgan fingerprint density at radius 2 is 1.80 bits per heavy atom. The summed E-state index contributed by atoms with van der Waals surface area (Å²) in [5, 5.41) is 7.41. The molecule has 2 nitrogen and oxygen atoms in total. The average Bonchev–Trinajstić information content (AvgIpc) is 1.82. The maximum Gasteiger partial charge on any atom is 0.0847 e. The lowest BCUT2D eigenvalue weighted by atomic mass is 10.1. The van der Waals surface area contributed by atoms with Crippen LogP contribution in [0.2, 0.25) is 0 Å². The second kappa shape index (κ2) is 4.45. The summed E-state index contributed by atoms with van der Waals surface area (Å²) in [6, 6.07) is 0. The van der Waals surface area contributed by atoms with Crippen LogP contribution in [0.15, 0.2) is 0 Å². The van der Waals surface area contributed by atoms with Gasteiger partial charge in [0.25, 0.3) is 0 Å². The topological polar surface area (TPSA) is 33.1 Å². The second-order valence-electron chi connectivity index (χ2n) is 3.04. The largest absolute Gasteiger partial charge is 0.373 e. The summed E-state index contributed by atoms with van der Waals surface area (Å²) in [6.45, 7) is 8.45. The fraction of sp³-hybridized carbons (Fsp3) is 0.875. The molecule has 0 atom stereocenters. The van der Waals surface area contributed by atoms with Gasteiger partial charge in [-0.3, -0.25) is 0 Å². The van der Waals surface area contributed by atoms with Crippen LogP contribution in [-0.2, 0) is 4.74 Å². The SMILES string of the molecule is CC(C)OCC(=N)C(C)C. The van der Waals surface area contributed by atoms with E-state index in [2.05, 4.69) is 0 Å². The van der Waals surface area contributed by atoms with Crippen molar-refractivity contribution < 1.29 is 4.74 Å². The molecule has 60 valence electrons. The molecule has 1 N–H and O–H groups in total. The summed E-state index contributed by atoms with van der Waals surface area (Å²) in [6.07, 6.45) is 0.235. The standard InChI is InChI=1S/C8H17NO/c1-6(2)8(9)5-10-7(3)4/h6-7,9H,5H2,1-4H3. The first-order chi connectivity index (χ1) is 4.54. The summed E-state index contributed by atoms with van der Waals surface area (Å²) in [5.74, 6) is 0.318. The van der Waals surface area contributed by atoms with Gasteiger partial charge < -0.3 is 10.1 Å². The Morgan fingerprint density at radius 1 is 1.30 bits per heavy atom. The fourth-order valence-corrected chi connectivity index (χ4v) is 0.423. The van der Waals surface area contributed by atoms with Crippen LogP contribution in [0.3, 0.4) is 0 Å². The third-order valence-corrected chi connectivity index (χ3v) is 1.27. The lowest BCUT2D eigenvalue weighted by molar-refractivity contribution is 0.108. The summed E-state index contributed by atoms with van der Waals surface area (Å²) < 4.78 is 5.24. The van der Waals surface area contributed by atoms with E-state index in [9.17, 15) is 0 Å². The van der Waals surface area contributed by atoms with Crippen LogP contribution in [0, 0.1) is 11.3 Å². The Hall–Kier alpha value is -0.370. The van der Waals surface area contributed by atoms with E-state index in [1.807, 2.05) is 27.7 Å². The molecule has 0 spiro atoms. The zero-order valence-corrected chi connectivity index (χ0v) is 7.27. The average molecular weight is 143 g/mol. The molecule has 2 heteroatoms. The van der Waals surface area contributed by atoms with Gasteiger partial charge in [-0.2, -0.15) is 0 Å². The third kappa shape index (κ3) is 4.50. The first-order valence-electron chi connectivity index (χ1n) is 3.73. The van der Waals surface area contributed by atoms with Crippen LogP contribution in [0.4, 0.5) is 0 Å². The van der Waals surface area contributed by atoms with Crippen molar-refractivity contribution >= 4 is 5.71 Å². The molecular weight excluding hydrogens is 126 g/mol. The molecule has 0 aromatic rings. The predicted octanol–water partition coefficient (Wildman–Crippen LogP) is 2.09. The molecule has 0 unspecified atom stereocenters. The lowest BCUT2D eigenvalue weighted by Crippen LogP contribution is -2.16. The molecule has 0 rings (SSSR count). The van der Waals surface area contributed by atoms with Gasteiger partial charge in [0.2, 0.25) is 0 Å². The van der Waals surface area contributed by atoms with Crippen molar-refractivity contribution in [2.45, 2.75) is 33.8 Å². The highest BCUT2D eigenvalue weighted by atomic mass is 16.5. The Bertz CT molecular complexity index is 108. The van der Waals surface area contributed by atoms with Gasteiger partial charge in [0.15, 0.2) is 0 Å². The molecule has 0 saturated carbocycles. The number of hydrogen-bond acceptors (Lipinski definition) is 2. The van der Waals surface area contributed by atoms with E-state index in [0.29, 0.717) is 18.2 Å². The van der Waals surface area contributed by atoms with Gasteiger partial charge in [-0.05, 0) is 19.8 Å². The zero-order valence-electron chi connectivity index (χ0n) is 7.27. The van der Waals surface area contributed by atoms with Crippen LogP contribution in [-0.4, -0.2) is 18.4 Å². The van der Waals surface area contributed by atoms with Gasteiger partial charge in [0.1, 0.15) is 0 Å². The van der Waals surface area contributed by atoms with Gasteiger partial charge in [0, 0.05) is 5.71 Å². The van der Waals surface area contributed by atoms with Gasteiger partial charge in [-0.1, -0.05) is 13.8 Å². The Labute approximate surface area is 63.1 Å². The maximum absolute atomic E-state index is 7.41. The molecule has 0 radical (unpaired) electrons. The van der Waals surface area contributed by atoms with Crippen molar-refractivity contribution in [3.63, 3.8) is 0 Å². The van der Waals surface area contributed by atoms with Crippen LogP contribution < -0.4 is 0 Å². The molecule has 0 fully saturated rings. The van der Waals surface area contributed by atoms with Crippen LogP contribution >= 0.6 is 0 Å². The van der Waals surface area contributed by atoms with E-state index in [1.54, 1.807) is 0 Å². The molecule has 0 aliphatic carbocycles. The minimum atomic E-state index is 0.235. The van der Waals surface area contributed by atoms with Crippen molar-refractivity contribution in [3.05, 3.63) is 0 Å². The number of ether oxygens (including phenoxy) is 1. The fourth-order valence-electron chi connectivity index (χ4n) is 0.423. The monoisotopic (exact) mass is 143 g/mol. The molecule has 0 bridgehead atoms. The molecular formula is C8H17NO. The minimum Gasteiger partial charge on any atom is -0.373 e. The molecule has 0 aromatic carbocycles. The smallest absolute Gasteiger partial charge is 0.0847 e. The van der Waals surface area contributed by atoms with E-state index in [1.165, 1.54) is 0 Å². The van der Waals surface area contributed by atoms with Gasteiger partial charge in [0.05, 0.1) is 12.7 Å². The van der Waals surface area contributed by atoms with Crippen LogP contribution in [0.1, 0.15) is 27.7 Å². The van der Waals surface area contributed by atoms with Gasteiger partial charge >= 0.3 is 0 Å². The third-order valence-electron chi connectivity index (χ3n) is 1.27. The Morgan fingerprint density at radius 3 is 2.10 bits per heavy atom. The molecule has 0 aliphatic heterocycles. The zero-order chi connectivity index (χ0) is 8.15. The summed E-state index contributed by atoms with van der Waals surface area (Å²) in [4.78, 5) is 0. The van der Waals surface area contributed by atoms with Gasteiger partial charge in [-0.25, -0.2) is 0 Å². The van der Waals surface area contributed by atoms with Crippen molar-refractivity contribution in [2.24, 2.45) is 5.92 Å². The van der Waals surface area contributed by atoms with E-state index in [0.717, 1.165) is 0 Å². The second-order valence-corrected chi connectivity index (χ2v) is 3.04. The molecule has 0 amide bonds. The van der Waals surface area contributed by atoms with Crippen molar-refractivity contribution in [2.75, 3.05) is 6.61 Å². The Kier molecular flexibility index (Phi) is 4.28. The summed E-state index contributed by atoms with van der Waals surface area (Å²) >= 11 is 0. The summed E-state index contributed by atoms with van der Waals surface area (Å²) in [7, 11) is 0. The van der Waals surface area contributed by atoms with E-state index < -0.39 is 0 Å². The number of rotatable bonds is 4. The van der Waals surface area contributed by atoms with Crippen LogP contribution in [0.5, 0.6) is 0 Å². The highest BCUT2D eigenvalue weighted by molar-refractivity contribution is 5.84. The number of hydrogen-bond donors (Lipinski definition) is 1. The molecule has 0 aliphatic rings. The van der Waals surface area contributed by atoms with Crippen LogP contribution in [0.25, 0.3) is 0 Å². The molecule has 0 saturated heterocycles. The van der Waals surface area contributed by atoms with Crippen molar-refractivity contribution in [1.82, 2.24) is 0 Å². The van der Waals surface area contributed by atoms with E-state index in [4.69, 9.17) is 10.1 Å². The molecule has 0 aromatic heterocycles. The lowest BCUT2D eigenvalue weighted by Gasteiger charge is -2.10. The maximum atomic E-state index is 7.41. The quantitative estimate of drug-likeness (QED) is 0.600. The Balaban J connectivity index is 3.40. The minimum absolute atomic E-state index is 0.235. The normalized spacial score (nSPS) is 11.0. The molecule has 0 heterocycles. The highest BCUT2D eigenvalue weighted by Gasteiger charge is 2.02. The van der Waals surface area contributed by atoms with Gasteiger partial charge in [-0.15, -0.1) is 0 Å².